The van der Waals surface area contributed by atoms with Gasteiger partial charge in [-0.05, 0) is 49.9 Å². The van der Waals surface area contributed by atoms with Gasteiger partial charge in [-0.15, -0.1) is 24.0 Å². The molecule has 1 fully saturated rings. The van der Waals surface area contributed by atoms with Crippen molar-refractivity contribution >= 4 is 40.0 Å². The summed E-state index contributed by atoms with van der Waals surface area (Å²) in [5, 5.41) is 3.19. The van der Waals surface area contributed by atoms with Crippen molar-refractivity contribution in [3.05, 3.63) is 24.3 Å². The summed E-state index contributed by atoms with van der Waals surface area (Å²) in [7, 11) is 0.246. The van der Waals surface area contributed by atoms with E-state index in [4.69, 9.17) is 9.47 Å². The van der Waals surface area contributed by atoms with E-state index in [1.807, 2.05) is 43.1 Å². The van der Waals surface area contributed by atoms with Crippen LogP contribution in [0, 0.1) is 5.92 Å². The molecule has 2 N–H and O–H groups in total. The molecule has 1 saturated carbocycles. The summed E-state index contributed by atoms with van der Waals surface area (Å²) in [5.41, 5.74) is 0. The number of methoxy groups -OCH3 is 1. The number of guanidine groups is 1. The minimum atomic E-state index is -3.29. The van der Waals surface area contributed by atoms with Crippen LogP contribution in [-0.4, -0.2) is 72.0 Å². The van der Waals surface area contributed by atoms with Crippen molar-refractivity contribution in [3.8, 4) is 11.5 Å². The Morgan fingerprint density at radius 1 is 1.23 bits per heavy atom. The Hall–Kier alpha value is -1.27. The van der Waals surface area contributed by atoms with Crippen molar-refractivity contribution < 1.29 is 17.9 Å². The lowest BCUT2D eigenvalue weighted by Crippen LogP contribution is -2.41. The topological polar surface area (TPSA) is 92.3 Å². The molecule has 0 aromatic heterocycles. The van der Waals surface area contributed by atoms with E-state index in [-0.39, 0.29) is 36.3 Å². The largest absolute Gasteiger partial charge is 0.497 e. The fourth-order valence-electron chi connectivity index (χ4n) is 2.83. The van der Waals surface area contributed by atoms with E-state index >= 15 is 0 Å². The zero-order valence-electron chi connectivity index (χ0n) is 18.1. The molecule has 8 nitrogen and oxygen atoms in total. The molecule has 2 rings (SSSR count). The van der Waals surface area contributed by atoms with Crippen LogP contribution in [0.5, 0.6) is 11.5 Å². The molecule has 1 aromatic carbocycles. The van der Waals surface area contributed by atoms with E-state index in [1.165, 1.54) is 6.42 Å². The van der Waals surface area contributed by atoms with Crippen LogP contribution in [0.3, 0.4) is 0 Å². The molecule has 0 radical (unpaired) electrons. The molecule has 0 unspecified atom stereocenters. The number of aliphatic imine (C=N–C) groups is 1. The number of hydrogen-bond donors (Lipinski definition) is 2. The van der Waals surface area contributed by atoms with Gasteiger partial charge >= 0.3 is 0 Å². The number of ether oxygens (including phenoxy) is 2. The first-order chi connectivity index (χ1) is 13.9. The minimum absolute atomic E-state index is 0. The third-order valence-electron chi connectivity index (χ3n) is 4.89. The Labute approximate surface area is 197 Å². The highest BCUT2D eigenvalue weighted by molar-refractivity contribution is 14.0. The van der Waals surface area contributed by atoms with E-state index in [9.17, 15) is 8.42 Å². The standard InChI is InChI=1S/C20H34N4O4S.HI/c1-4-21-20(22-12-15-29(25,26)23-16-17-6-5-7-17)24(2)13-14-28-19-10-8-18(27-3)9-11-19;/h8-11,17,23H,4-7,12-16H2,1-3H3,(H,21,22);1H. The first kappa shape index (κ1) is 26.8. The smallest absolute Gasteiger partial charge is 0.213 e. The number of sulfonamides is 1. The zero-order valence-corrected chi connectivity index (χ0v) is 21.2. The van der Waals surface area contributed by atoms with Gasteiger partial charge in [0.1, 0.15) is 18.1 Å². The van der Waals surface area contributed by atoms with E-state index < -0.39 is 10.0 Å². The maximum atomic E-state index is 12.1. The molecule has 0 saturated heterocycles. The molecule has 10 heteroatoms. The van der Waals surface area contributed by atoms with E-state index in [0.717, 1.165) is 24.3 Å². The van der Waals surface area contributed by atoms with Crippen LogP contribution >= 0.6 is 24.0 Å². The van der Waals surface area contributed by atoms with Crippen LogP contribution < -0.4 is 19.5 Å². The van der Waals surface area contributed by atoms with Crippen LogP contribution in [0.1, 0.15) is 26.2 Å². The first-order valence-electron chi connectivity index (χ1n) is 10.2. The van der Waals surface area contributed by atoms with Gasteiger partial charge in [-0.25, -0.2) is 13.1 Å². The first-order valence-corrected chi connectivity index (χ1v) is 11.8. The van der Waals surface area contributed by atoms with Crippen LogP contribution in [0.4, 0.5) is 0 Å². The average molecular weight is 554 g/mol. The monoisotopic (exact) mass is 554 g/mol. The van der Waals surface area contributed by atoms with E-state index in [0.29, 0.717) is 38.1 Å². The second-order valence-electron chi connectivity index (χ2n) is 7.15. The summed E-state index contributed by atoms with van der Waals surface area (Å²) in [6.45, 7) is 4.54. The minimum Gasteiger partial charge on any atom is -0.497 e. The zero-order chi connectivity index (χ0) is 21.1. The van der Waals surface area contributed by atoms with Gasteiger partial charge in [0.05, 0.1) is 26.0 Å². The van der Waals surface area contributed by atoms with Crippen molar-refractivity contribution in [1.82, 2.24) is 14.9 Å². The van der Waals surface area contributed by atoms with Crippen molar-refractivity contribution in [3.63, 3.8) is 0 Å². The number of hydrogen-bond acceptors (Lipinski definition) is 5. The third kappa shape index (κ3) is 9.69. The maximum absolute atomic E-state index is 12.1. The second kappa shape index (κ2) is 13.9. The lowest BCUT2D eigenvalue weighted by atomic mass is 9.86. The Morgan fingerprint density at radius 2 is 1.90 bits per heavy atom. The molecule has 0 atom stereocenters. The normalized spacial score (nSPS) is 14.4. The summed E-state index contributed by atoms with van der Waals surface area (Å²) >= 11 is 0. The van der Waals surface area contributed by atoms with Gasteiger partial charge in [-0.1, -0.05) is 6.42 Å². The fraction of sp³-hybridized carbons (Fsp3) is 0.650. The lowest BCUT2D eigenvalue weighted by Gasteiger charge is -2.25. The van der Waals surface area contributed by atoms with Gasteiger partial charge in [0.15, 0.2) is 5.96 Å². The lowest BCUT2D eigenvalue weighted by molar-refractivity contribution is 0.281. The van der Waals surface area contributed by atoms with Crippen molar-refractivity contribution in [2.45, 2.75) is 26.2 Å². The number of likely N-dealkylation sites (N-methyl/N-ethyl adjacent to an activating group) is 1. The maximum Gasteiger partial charge on any atom is 0.213 e. The Balaban J connectivity index is 0.00000450. The third-order valence-corrected chi connectivity index (χ3v) is 6.22. The van der Waals surface area contributed by atoms with Gasteiger partial charge in [0.2, 0.25) is 10.0 Å². The molecule has 0 aliphatic heterocycles. The number of benzene rings is 1. The number of nitrogens with zero attached hydrogens (tertiary/aromatic N) is 2. The van der Waals surface area contributed by atoms with Crippen LogP contribution in [0.2, 0.25) is 0 Å². The average Bonchev–Trinajstić information content (AvgIpc) is 2.66. The van der Waals surface area contributed by atoms with Crippen LogP contribution in [-0.2, 0) is 10.0 Å². The molecule has 30 heavy (non-hydrogen) atoms. The molecule has 1 aliphatic carbocycles. The summed E-state index contributed by atoms with van der Waals surface area (Å²) in [4.78, 5) is 6.38. The van der Waals surface area contributed by atoms with Crippen LogP contribution in [0.25, 0.3) is 0 Å². The Morgan fingerprint density at radius 3 is 2.47 bits per heavy atom. The summed E-state index contributed by atoms with van der Waals surface area (Å²) < 4.78 is 37.8. The van der Waals surface area contributed by atoms with Gasteiger partial charge in [0, 0.05) is 20.1 Å². The van der Waals surface area contributed by atoms with E-state index in [2.05, 4.69) is 15.0 Å². The molecule has 172 valence electrons. The molecular weight excluding hydrogens is 519 g/mol. The number of nitrogens with one attached hydrogen (secondary N) is 2. The second-order valence-corrected chi connectivity index (χ2v) is 9.07. The predicted octanol–water partition coefficient (Wildman–Crippen LogP) is 2.31. The molecule has 0 spiro atoms. The molecular formula is C20H35IN4O4S. The van der Waals surface area contributed by atoms with Gasteiger partial charge < -0.3 is 19.7 Å². The fourth-order valence-corrected chi connectivity index (χ4v) is 3.80. The van der Waals surface area contributed by atoms with Gasteiger partial charge in [-0.2, -0.15) is 0 Å². The Bertz CT molecular complexity index is 740. The van der Waals surface area contributed by atoms with Crippen molar-refractivity contribution in [2.75, 3.05) is 52.7 Å². The highest BCUT2D eigenvalue weighted by atomic mass is 127. The van der Waals surface area contributed by atoms with Gasteiger partial charge in [0.25, 0.3) is 0 Å². The predicted molar refractivity (Wildman–Crippen MR) is 132 cm³/mol. The molecule has 1 aliphatic rings. The number of rotatable bonds is 12. The summed E-state index contributed by atoms with van der Waals surface area (Å²) in [5.74, 6) is 2.71. The van der Waals surface area contributed by atoms with Crippen LogP contribution in [0.15, 0.2) is 29.3 Å². The molecule has 0 amide bonds. The molecule has 0 bridgehead atoms. The Kier molecular flexibility index (Phi) is 12.4. The van der Waals surface area contributed by atoms with Crippen molar-refractivity contribution in [1.29, 1.82) is 0 Å². The molecule has 1 aromatic rings. The quantitative estimate of drug-likeness (QED) is 0.234. The highest BCUT2D eigenvalue weighted by Crippen LogP contribution is 2.25. The van der Waals surface area contributed by atoms with E-state index in [1.54, 1.807) is 7.11 Å². The summed E-state index contributed by atoms with van der Waals surface area (Å²) in [6, 6.07) is 7.42. The number of halogens is 1. The van der Waals surface area contributed by atoms with Crippen molar-refractivity contribution in [2.24, 2.45) is 10.9 Å². The molecule has 0 heterocycles. The summed E-state index contributed by atoms with van der Waals surface area (Å²) in [6.07, 6.45) is 3.44. The highest BCUT2D eigenvalue weighted by Gasteiger charge is 2.20. The van der Waals surface area contributed by atoms with Gasteiger partial charge in [-0.3, -0.25) is 4.99 Å². The SMILES string of the molecule is CCNC(=NCCS(=O)(=O)NCC1CCC1)N(C)CCOc1ccc(OC)cc1.I.